The van der Waals surface area contributed by atoms with Crippen LogP contribution in [0.4, 0.5) is 13.2 Å². The number of hydrogen-bond donors (Lipinski definition) is 1. The Morgan fingerprint density at radius 1 is 1.26 bits per heavy atom. The fraction of sp³-hybridized carbons (Fsp3) is 0.263. The number of ether oxygens (including phenoxy) is 1. The van der Waals surface area contributed by atoms with Gasteiger partial charge in [0.2, 0.25) is 0 Å². The summed E-state index contributed by atoms with van der Waals surface area (Å²) in [5, 5.41) is 3.70. The molecule has 0 fully saturated rings. The number of hydrogen-bond acceptors (Lipinski definition) is 3. The molecule has 0 aliphatic rings. The molecule has 0 aliphatic carbocycles. The van der Waals surface area contributed by atoms with Crippen LogP contribution in [0.3, 0.4) is 0 Å². The lowest BCUT2D eigenvalue weighted by Crippen LogP contribution is -2.27. The number of rotatable bonds is 5. The van der Waals surface area contributed by atoms with Gasteiger partial charge in [-0.15, -0.1) is 0 Å². The Morgan fingerprint density at radius 2 is 2.00 bits per heavy atom. The van der Waals surface area contributed by atoms with Crippen molar-refractivity contribution in [3.8, 4) is 5.75 Å². The molecule has 8 heteroatoms. The minimum Gasteiger partial charge on any atom is -0.483 e. The number of halogens is 3. The van der Waals surface area contributed by atoms with E-state index in [1.54, 1.807) is 13.1 Å². The van der Waals surface area contributed by atoms with Gasteiger partial charge in [-0.1, -0.05) is 18.2 Å². The van der Waals surface area contributed by atoms with Crippen LogP contribution in [-0.4, -0.2) is 28.2 Å². The fourth-order valence-corrected chi connectivity index (χ4v) is 2.77. The molecule has 27 heavy (non-hydrogen) atoms. The van der Waals surface area contributed by atoms with Crippen molar-refractivity contribution in [3.63, 3.8) is 0 Å². The molecular formula is C19H18F3N3O2. The third-order valence-electron chi connectivity index (χ3n) is 4.09. The van der Waals surface area contributed by atoms with Gasteiger partial charge in [0.15, 0.2) is 6.61 Å². The highest BCUT2D eigenvalue weighted by molar-refractivity contribution is 6.07. The molecule has 1 atom stereocenters. The van der Waals surface area contributed by atoms with Gasteiger partial charge < -0.3 is 14.6 Å². The Morgan fingerprint density at radius 3 is 2.67 bits per heavy atom. The highest BCUT2D eigenvalue weighted by Crippen LogP contribution is 2.22. The zero-order valence-electron chi connectivity index (χ0n) is 14.7. The van der Waals surface area contributed by atoms with Gasteiger partial charge in [0.1, 0.15) is 5.75 Å². The van der Waals surface area contributed by atoms with Crippen molar-refractivity contribution in [1.82, 2.24) is 14.9 Å². The summed E-state index contributed by atoms with van der Waals surface area (Å²) >= 11 is 0. The minimum atomic E-state index is -4.40. The van der Waals surface area contributed by atoms with Crippen molar-refractivity contribution in [3.05, 3.63) is 60.0 Å². The number of aryl methyl sites for hydroxylation is 1. The molecule has 0 radical (unpaired) electrons. The molecule has 0 spiro atoms. The average molecular weight is 377 g/mol. The second kappa shape index (κ2) is 7.30. The van der Waals surface area contributed by atoms with Crippen LogP contribution in [0.2, 0.25) is 0 Å². The van der Waals surface area contributed by atoms with Crippen LogP contribution in [0.5, 0.6) is 5.75 Å². The number of para-hydroxylation sites is 1. The largest absolute Gasteiger partial charge is 0.483 e. The molecule has 1 unspecified atom stereocenters. The standard InChI is InChI=1S/C19H18F3N3O2/c1-12(16-8-7-13(9-23-16)27-11-19(20,21)22)24-18(26)15-10-25(2)17-6-4-3-5-14(15)17/h3-10,12H,11H2,1-2H3,(H,24,26). The SMILES string of the molecule is CC(NC(=O)c1cn(C)c2ccccc12)c1ccc(OCC(F)(F)F)cn1. The van der Waals surface area contributed by atoms with Gasteiger partial charge >= 0.3 is 6.18 Å². The minimum absolute atomic E-state index is 0.0173. The molecule has 142 valence electrons. The first kappa shape index (κ1) is 18.8. The number of nitrogens with zero attached hydrogens (tertiary/aromatic N) is 2. The number of pyridine rings is 1. The molecule has 0 saturated heterocycles. The Bertz CT molecular complexity index is 949. The van der Waals surface area contributed by atoms with E-state index in [1.807, 2.05) is 35.9 Å². The van der Waals surface area contributed by atoms with Crippen LogP contribution >= 0.6 is 0 Å². The smallest absolute Gasteiger partial charge is 0.422 e. The second-order valence-electron chi connectivity index (χ2n) is 6.19. The van der Waals surface area contributed by atoms with Crippen molar-refractivity contribution in [2.75, 3.05) is 6.61 Å². The van der Waals surface area contributed by atoms with Crippen molar-refractivity contribution in [2.24, 2.45) is 7.05 Å². The first-order valence-corrected chi connectivity index (χ1v) is 8.25. The number of aromatic nitrogens is 2. The van der Waals surface area contributed by atoms with E-state index >= 15 is 0 Å². The molecule has 2 aromatic heterocycles. The zero-order chi connectivity index (χ0) is 19.6. The van der Waals surface area contributed by atoms with Crippen molar-refractivity contribution in [2.45, 2.75) is 19.1 Å². The number of alkyl halides is 3. The van der Waals surface area contributed by atoms with Gasteiger partial charge in [0.25, 0.3) is 5.91 Å². The molecule has 1 amide bonds. The van der Waals surface area contributed by atoms with Gasteiger partial charge in [0, 0.05) is 24.1 Å². The number of carbonyl (C=O) groups excluding carboxylic acids is 1. The number of carbonyl (C=O) groups is 1. The molecule has 0 bridgehead atoms. The Hall–Kier alpha value is -3.03. The number of benzene rings is 1. The van der Waals surface area contributed by atoms with E-state index in [1.165, 1.54) is 18.3 Å². The molecule has 5 nitrogen and oxygen atoms in total. The molecule has 2 heterocycles. The summed E-state index contributed by atoms with van der Waals surface area (Å²) in [6.45, 7) is 0.378. The summed E-state index contributed by atoms with van der Waals surface area (Å²) in [6.07, 6.45) is -1.44. The summed E-state index contributed by atoms with van der Waals surface area (Å²) in [5.41, 5.74) is 2.01. The van der Waals surface area contributed by atoms with E-state index in [9.17, 15) is 18.0 Å². The van der Waals surface area contributed by atoms with Crippen LogP contribution in [0, 0.1) is 0 Å². The second-order valence-corrected chi connectivity index (χ2v) is 6.19. The van der Waals surface area contributed by atoms with Gasteiger partial charge in [0.05, 0.1) is 23.5 Å². The maximum Gasteiger partial charge on any atom is 0.422 e. The predicted molar refractivity (Wildman–Crippen MR) is 94.6 cm³/mol. The van der Waals surface area contributed by atoms with Crippen molar-refractivity contribution in [1.29, 1.82) is 0 Å². The molecule has 0 aliphatic heterocycles. The molecule has 0 saturated carbocycles. The van der Waals surface area contributed by atoms with E-state index in [0.29, 0.717) is 11.3 Å². The van der Waals surface area contributed by atoms with Crippen LogP contribution in [-0.2, 0) is 7.05 Å². The monoisotopic (exact) mass is 377 g/mol. The van der Waals surface area contributed by atoms with Crippen LogP contribution in [0.1, 0.15) is 29.0 Å². The molecule has 3 rings (SSSR count). The first-order chi connectivity index (χ1) is 12.7. The van der Waals surface area contributed by atoms with Crippen molar-refractivity contribution >= 4 is 16.8 Å². The summed E-state index contributed by atoms with van der Waals surface area (Å²) in [6, 6.07) is 10.1. The maximum absolute atomic E-state index is 12.6. The summed E-state index contributed by atoms with van der Waals surface area (Å²) in [5.74, 6) is -0.234. The molecule has 3 aromatic rings. The van der Waals surface area contributed by atoms with E-state index in [2.05, 4.69) is 15.0 Å². The maximum atomic E-state index is 12.6. The predicted octanol–water partition coefficient (Wildman–Crippen LogP) is 4.01. The highest BCUT2D eigenvalue weighted by Gasteiger charge is 2.28. The number of fused-ring (bicyclic) bond motifs is 1. The average Bonchev–Trinajstić information content (AvgIpc) is 2.97. The lowest BCUT2D eigenvalue weighted by atomic mass is 10.1. The fourth-order valence-electron chi connectivity index (χ4n) is 2.77. The third kappa shape index (κ3) is 4.39. The molecular weight excluding hydrogens is 359 g/mol. The summed E-state index contributed by atoms with van der Waals surface area (Å²) in [7, 11) is 1.86. The lowest BCUT2D eigenvalue weighted by Gasteiger charge is -2.14. The third-order valence-corrected chi connectivity index (χ3v) is 4.09. The van der Waals surface area contributed by atoms with Gasteiger partial charge in [-0.2, -0.15) is 13.2 Å². The Kier molecular flexibility index (Phi) is 5.07. The topological polar surface area (TPSA) is 56.2 Å². The summed E-state index contributed by atoms with van der Waals surface area (Å²) < 4.78 is 43.0. The zero-order valence-corrected chi connectivity index (χ0v) is 14.7. The van der Waals surface area contributed by atoms with Crippen molar-refractivity contribution < 1.29 is 22.7 Å². The first-order valence-electron chi connectivity index (χ1n) is 8.25. The van der Waals surface area contributed by atoms with Gasteiger partial charge in [-0.25, -0.2) is 0 Å². The van der Waals surface area contributed by atoms with E-state index in [-0.39, 0.29) is 11.7 Å². The van der Waals surface area contributed by atoms with E-state index < -0.39 is 18.8 Å². The van der Waals surface area contributed by atoms with Gasteiger partial charge in [-0.05, 0) is 25.1 Å². The Labute approximate surface area is 153 Å². The highest BCUT2D eigenvalue weighted by atomic mass is 19.4. The van der Waals surface area contributed by atoms with Crippen LogP contribution < -0.4 is 10.1 Å². The molecule has 1 aromatic carbocycles. The Balaban J connectivity index is 1.69. The summed E-state index contributed by atoms with van der Waals surface area (Å²) in [4.78, 5) is 16.7. The number of amides is 1. The quantitative estimate of drug-likeness (QED) is 0.731. The number of nitrogens with one attached hydrogen (secondary N) is 1. The normalized spacial score (nSPS) is 12.8. The lowest BCUT2D eigenvalue weighted by molar-refractivity contribution is -0.153. The van der Waals surface area contributed by atoms with E-state index in [0.717, 1.165) is 10.9 Å². The molecule has 1 N–H and O–H groups in total. The van der Waals surface area contributed by atoms with Gasteiger partial charge in [-0.3, -0.25) is 9.78 Å². The van der Waals surface area contributed by atoms with Crippen LogP contribution in [0.15, 0.2) is 48.8 Å². The van der Waals surface area contributed by atoms with E-state index in [4.69, 9.17) is 0 Å². The van der Waals surface area contributed by atoms with Crippen LogP contribution in [0.25, 0.3) is 10.9 Å².